The quantitative estimate of drug-likeness (QED) is 0.250. The van der Waals surface area contributed by atoms with E-state index in [0.717, 1.165) is 57.2 Å². The number of amides is 1. The van der Waals surface area contributed by atoms with Crippen molar-refractivity contribution in [2.45, 2.75) is 40.0 Å². The van der Waals surface area contributed by atoms with Crippen LogP contribution in [0.1, 0.15) is 39.4 Å². The Morgan fingerprint density at radius 2 is 2.00 bits per heavy atom. The van der Waals surface area contributed by atoms with E-state index in [1.807, 2.05) is 42.8 Å². The molecule has 144 valence electrons. The second kappa shape index (κ2) is 14.0. The van der Waals surface area contributed by atoms with E-state index in [1.54, 1.807) is 6.26 Å². The monoisotopic (exact) mass is 464 g/mol. The minimum Gasteiger partial charge on any atom is -0.469 e. The van der Waals surface area contributed by atoms with E-state index in [0.29, 0.717) is 6.54 Å². The number of rotatable bonds is 10. The molecule has 6 nitrogen and oxygen atoms in total. The fourth-order valence-electron chi connectivity index (χ4n) is 2.36. The Morgan fingerprint density at radius 3 is 2.56 bits per heavy atom. The first kappa shape index (κ1) is 23.8. The predicted molar refractivity (Wildman–Crippen MR) is 114 cm³/mol. The Bertz CT molecular complexity index is 487. The Kier molecular flexibility index (Phi) is 13.3. The molecule has 0 atom stereocenters. The van der Waals surface area contributed by atoms with Crippen molar-refractivity contribution in [1.82, 2.24) is 15.1 Å². The molecule has 0 saturated carbocycles. The van der Waals surface area contributed by atoms with Crippen molar-refractivity contribution in [2.24, 2.45) is 4.99 Å². The lowest BCUT2D eigenvalue weighted by Crippen LogP contribution is -2.46. The summed E-state index contributed by atoms with van der Waals surface area (Å²) in [5, 5.41) is 3.34. The van der Waals surface area contributed by atoms with Crippen molar-refractivity contribution in [1.29, 1.82) is 0 Å². The normalized spacial score (nSPS) is 11.0. The van der Waals surface area contributed by atoms with Crippen LogP contribution in [0.3, 0.4) is 0 Å². The number of guanidine groups is 1. The van der Waals surface area contributed by atoms with Crippen LogP contribution in [-0.4, -0.2) is 61.4 Å². The van der Waals surface area contributed by atoms with Gasteiger partial charge in [-0.25, -0.2) is 0 Å². The highest BCUT2D eigenvalue weighted by Gasteiger charge is 2.15. The molecule has 0 radical (unpaired) electrons. The number of likely N-dealkylation sites (N-methyl/N-ethyl adjacent to an activating group) is 2. The molecule has 1 heterocycles. The van der Waals surface area contributed by atoms with Crippen LogP contribution in [0.15, 0.2) is 27.8 Å². The van der Waals surface area contributed by atoms with Gasteiger partial charge in [-0.1, -0.05) is 13.3 Å². The molecule has 7 heteroatoms. The third-order valence-electron chi connectivity index (χ3n) is 3.86. The fourth-order valence-corrected chi connectivity index (χ4v) is 2.36. The van der Waals surface area contributed by atoms with Gasteiger partial charge < -0.3 is 19.5 Å². The number of halogens is 1. The third kappa shape index (κ3) is 9.13. The molecule has 1 amide bonds. The molecule has 0 unspecified atom stereocenters. The molecule has 0 saturated heterocycles. The van der Waals surface area contributed by atoms with Gasteiger partial charge in [0.05, 0.1) is 12.8 Å². The Hall–Kier alpha value is -1.25. The number of hydrogen-bond donors (Lipinski definition) is 1. The summed E-state index contributed by atoms with van der Waals surface area (Å²) >= 11 is 0. The van der Waals surface area contributed by atoms with Crippen LogP contribution in [0, 0.1) is 0 Å². The number of carbonyl (C=O) groups is 1. The van der Waals surface area contributed by atoms with E-state index in [-0.39, 0.29) is 29.9 Å². The van der Waals surface area contributed by atoms with Gasteiger partial charge in [0.2, 0.25) is 5.91 Å². The highest BCUT2D eigenvalue weighted by Crippen LogP contribution is 2.00. The summed E-state index contributed by atoms with van der Waals surface area (Å²) in [5.41, 5.74) is 0. The van der Waals surface area contributed by atoms with Gasteiger partial charge in [0.25, 0.3) is 0 Å². The summed E-state index contributed by atoms with van der Waals surface area (Å²) in [4.78, 5) is 20.7. The molecule has 1 N–H and O–H groups in total. The summed E-state index contributed by atoms with van der Waals surface area (Å²) in [6, 6.07) is 3.85. The van der Waals surface area contributed by atoms with E-state index in [4.69, 9.17) is 4.42 Å². The van der Waals surface area contributed by atoms with E-state index < -0.39 is 0 Å². The molecule has 0 aliphatic heterocycles. The van der Waals surface area contributed by atoms with Gasteiger partial charge in [-0.15, -0.1) is 24.0 Å². The molecule has 1 rings (SSSR count). The molecule has 25 heavy (non-hydrogen) atoms. The van der Waals surface area contributed by atoms with E-state index in [1.165, 1.54) is 0 Å². The number of aliphatic imine (C=N–C) groups is 1. The summed E-state index contributed by atoms with van der Waals surface area (Å²) in [6.07, 6.45) is 4.62. The van der Waals surface area contributed by atoms with Crippen LogP contribution in [0.5, 0.6) is 0 Å². The lowest BCUT2D eigenvalue weighted by molar-refractivity contribution is -0.131. The number of nitrogens with one attached hydrogen (secondary N) is 1. The first-order valence-corrected chi connectivity index (χ1v) is 8.91. The number of nitrogens with zero attached hydrogens (tertiary/aromatic N) is 3. The largest absolute Gasteiger partial charge is 0.469 e. The molecule has 0 fully saturated rings. The van der Waals surface area contributed by atoms with Gasteiger partial charge in [0.1, 0.15) is 5.76 Å². The minimum atomic E-state index is 0. The lowest BCUT2D eigenvalue weighted by atomic mass is 10.3. The molecule has 0 spiro atoms. The summed E-state index contributed by atoms with van der Waals surface area (Å²) in [5.74, 6) is 1.84. The average Bonchev–Trinajstić information content (AvgIpc) is 3.08. The zero-order chi connectivity index (χ0) is 17.8. The predicted octanol–water partition coefficient (Wildman–Crippen LogP) is 2.99. The molecular weight excluding hydrogens is 431 g/mol. The molecule has 0 bridgehead atoms. The van der Waals surface area contributed by atoms with Gasteiger partial charge in [0.15, 0.2) is 5.96 Å². The van der Waals surface area contributed by atoms with Crippen LogP contribution >= 0.6 is 24.0 Å². The Labute approximate surface area is 169 Å². The first-order chi connectivity index (χ1) is 11.6. The van der Waals surface area contributed by atoms with Gasteiger partial charge in [-0.05, 0) is 32.4 Å². The maximum Gasteiger partial charge on any atom is 0.242 e. The number of hydrogen-bond acceptors (Lipinski definition) is 3. The smallest absolute Gasteiger partial charge is 0.242 e. The fraction of sp³-hybridized carbons (Fsp3) is 0.667. The van der Waals surface area contributed by atoms with E-state index in [9.17, 15) is 4.79 Å². The van der Waals surface area contributed by atoms with Gasteiger partial charge >= 0.3 is 0 Å². The van der Waals surface area contributed by atoms with Crippen molar-refractivity contribution < 1.29 is 9.21 Å². The molecule has 0 aliphatic rings. The molecular formula is C18H33IN4O2. The van der Waals surface area contributed by atoms with Crippen molar-refractivity contribution in [3.05, 3.63) is 24.2 Å². The highest BCUT2D eigenvalue weighted by molar-refractivity contribution is 14.0. The van der Waals surface area contributed by atoms with Gasteiger partial charge in [-0.2, -0.15) is 0 Å². The number of furan rings is 1. The van der Waals surface area contributed by atoms with Crippen LogP contribution in [0.4, 0.5) is 0 Å². The number of carbonyl (C=O) groups excluding carboxylic acids is 1. The summed E-state index contributed by atoms with van der Waals surface area (Å²) in [7, 11) is 1.91. The summed E-state index contributed by atoms with van der Waals surface area (Å²) in [6.45, 7) is 9.44. The van der Waals surface area contributed by atoms with Crippen molar-refractivity contribution in [3.63, 3.8) is 0 Å². The second-order valence-electron chi connectivity index (χ2n) is 5.74. The third-order valence-corrected chi connectivity index (χ3v) is 3.86. The van der Waals surface area contributed by atoms with E-state index in [2.05, 4.69) is 17.2 Å². The molecule has 1 aromatic heterocycles. The Balaban J connectivity index is 0.00000576. The van der Waals surface area contributed by atoms with Gasteiger partial charge in [0, 0.05) is 39.6 Å². The Morgan fingerprint density at radius 1 is 1.28 bits per heavy atom. The maximum atomic E-state index is 12.3. The van der Waals surface area contributed by atoms with Crippen molar-refractivity contribution in [3.8, 4) is 0 Å². The van der Waals surface area contributed by atoms with Crippen LogP contribution in [-0.2, 0) is 11.2 Å². The highest BCUT2D eigenvalue weighted by atomic mass is 127. The lowest BCUT2D eigenvalue weighted by Gasteiger charge is -2.26. The average molecular weight is 464 g/mol. The minimum absolute atomic E-state index is 0. The topological polar surface area (TPSA) is 61.1 Å². The summed E-state index contributed by atoms with van der Waals surface area (Å²) < 4.78 is 5.35. The molecule has 1 aromatic rings. The van der Waals surface area contributed by atoms with Crippen LogP contribution < -0.4 is 5.32 Å². The first-order valence-electron chi connectivity index (χ1n) is 8.91. The molecule has 0 aromatic carbocycles. The zero-order valence-corrected chi connectivity index (χ0v) is 18.3. The molecule has 0 aliphatic carbocycles. The SMILES string of the molecule is CCCCN=C(NCCc1ccco1)N(C)CC(=O)N(CC)CC.I. The van der Waals surface area contributed by atoms with Crippen LogP contribution in [0.25, 0.3) is 0 Å². The van der Waals surface area contributed by atoms with Crippen LogP contribution in [0.2, 0.25) is 0 Å². The second-order valence-corrected chi connectivity index (χ2v) is 5.74. The van der Waals surface area contributed by atoms with E-state index >= 15 is 0 Å². The zero-order valence-electron chi connectivity index (χ0n) is 16.0. The van der Waals surface area contributed by atoms with Crippen molar-refractivity contribution in [2.75, 3.05) is 39.8 Å². The van der Waals surface area contributed by atoms with Gasteiger partial charge in [-0.3, -0.25) is 9.79 Å². The standard InChI is InChI=1S/C18H32N4O2.HI/c1-5-8-12-19-18(20-13-11-16-10-9-14-24-16)21(4)15-17(23)22(6-2)7-3;/h9-10,14H,5-8,11-13,15H2,1-4H3,(H,19,20);1H. The number of unbranched alkanes of at least 4 members (excludes halogenated alkanes) is 1. The van der Waals surface area contributed by atoms with Crippen molar-refractivity contribution >= 4 is 35.8 Å². The maximum absolute atomic E-state index is 12.3.